The number of hydrogen-bond donors (Lipinski definition) is 1. The number of anilines is 1. The smallest absolute Gasteiger partial charge is 0.293 e. The zero-order valence-corrected chi connectivity index (χ0v) is 16.4. The van der Waals surface area contributed by atoms with E-state index in [-0.39, 0.29) is 30.0 Å². The molecule has 144 valence electrons. The molecule has 2 aromatic carbocycles. The van der Waals surface area contributed by atoms with Crippen molar-refractivity contribution < 1.29 is 19.1 Å². The van der Waals surface area contributed by atoms with Gasteiger partial charge in [-0.25, -0.2) is 0 Å². The van der Waals surface area contributed by atoms with Gasteiger partial charge in [-0.1, -0.05) is 30.3 Å². The molecule has 1 N–H and O–H groups in total. The normalized spacial score (nSPS) is 15.2. The molecule has 0 atom stereocenters. The molecule has 0 unspecified atom stereocenters. The van der Waals surface area contributed by atoms with E-state index in [0.29, 0.717) is 10.7 Å². The maximum atomic E-state index is 12.5. The second-order valence-electron chi connectivity index (χ2n) is 6.22. The summed E-state index contributed by atoms with van der Waals surface area (Å²) in [4.78, 5) is 38.3. The van der Waals surface area contributed by atoms with Crippen LogP contribution in [0.3, 0.4) is 0 Å². The Balaban J connectivity index is 1.61. The van der Waals surface area contributed by atoms with Crippen LogP contribution in [0.25, 0.3) is 6.08 Å². The third-order valence-electron chi connectivity index (χ3n) is 4.27. The van der Waals surface area contributed by atoms with E-state index in [4.69, 9.17) is 4.74 Å². The van der Waals surface area contributed by atoms with Crippen molar-refractivity contribution in [2.45, 2.75) is 13.3 Å². The number of para-hydroxylation sites is 1. The molecule has 1 aliphatic heterocycles. The number of carbonyl (C=O) groups is 3. The molecule has 2 aromatic rings. The first-order valence-corrected chi connectivity index (χ1v) is 9.54. The summed E-state index contributed by atoms with van der Waals surface area (Å²) in [6, 6.07) is 14.6. The SMILES string of the molecule is COc1ccc(C=C2SC(=O)N(CCC(=O)Nc3ccccc3C)C2=O)cc1. The minimum absolute atomic E-state index is 0.0438. The van der Waals surface area contributed by atoms with E-state index in [1.807, 2.05) is 43.3 Å². The zero-order valence-electron chi connectivity index (χ0n) is 15.6. The summed E-state index contributed by atoms with van der Waals surface area (Å²) in [5.74, 6) is 0.0897. The van der Waals surface area contributed by atoms with Crippen LogP contribution in [0.5, 0.6) is 5.75 Å². The zero-order chi connectivity index (χ0) is 20.1. The Morgan fingerprint density at radius 2 is 1.86 bits per heavy atom. The third-order valence-corrected chi connectivity index (χ3v) is 5.18. The first-order valence-electron chi connectivity index (χ1n) is 8.73. The molecule has 0 bridgehead atoms. The second-order valence-corrected chi connectivity index (χ2v) is 7.21. The number of methoxy groups -OCH3 is 1. The summed E-state index contributed by atoms with van der Waals surface area (Å²) >= 11 is 0.880. The Morgan fingerprint density at radius 3 is 2.54 bits per heavy atom. The molecule has 0 radical (unpaired) electrons. The lowest BCUT2D eigenvalue weighted by atomic mass is 10.2. The molecule has 1 aliphatic rings. The van der Waals surface area contributed by atoms with E-state index in [9.17, 15) is 14.4 Å². The predicted molar refractivity (Wildman–Crippen MR) is 110 cm³/mol. The van der Waals surface area contributed by atoms with E-state index in [2.05, 4.69) is 5.32 Å². The Hall–Kier alpha value is -3.06. The van der Waals surface area contributed by atoms with E-state index < -0.39 is 0 Å². The van der Waals surface area contributed by atoms with Gasteiger partial charge in [0.1, 0.15) is 5.75 Å². The second kappa shape index (κ2) is 8.75. The van der Waals surface area contributed by atoms with Gasteiger partial charge in [0.15, 0.2) is 0 Å². The van der Waals surface area contributed by atoms with Gasteiger partial charge < -0.3 is 10.1 Å². The first kappa shape index (κ1) is 19.7. The monoisotopic (exact) mass is 396 g/mol. The summed E-state index contributed by atoms with van der Waals surface area (Å²) in [6.07, 6.45) is 1.71. The number of nitrogens with zero attached hydrogens (tertiary/aromatic N) is 1. The molecular formula is C21H20N2O4S. The average molecular weight is 396 g/mol. The van der Waals surface area contributed by atoms with E-state index in [1.165, 1.54) is 0 Å². The van der Waals surface area contributed by atoms with Crippen molar-refractivity contribution in [3.8, 4) is 5.75 Å². The fourth-order valence-electron chi connectivity index (χ4n) is 2.68. The van der Waals surface area contributed by atoms with Gasteiger partial charge in [-0.3, -0.25) is 19.3 Å². The van der Waals surface area contributed by atoms with Crippen molar-refractivity contribution in [1.29, 1.82) is 0 Å². The van der Waals surface area contributed by atoms with Crippen molar-refractivity contribution in [1.82, 2.24) is 4.90 Å². The fourth-order valence-corrected chi connectivity index (χ4v) is 3.55. The van der Waals surface area contributed by atoms with E-state index in [1.54, 1.807) is 25.3 Å². The molecule has 1 fully saturated rings. The van der Waals surface area contributed by atoms with Gasteiger partial charge in [0.25, 0.3) is 11.1 Å². The minimum Gasteiger partial charge on any atom is -0.497 e. The summed E-state index contributed by atoms with van der Waals surface area (Å²) in [5.41, 5.74) is 2.47. The van der Waals surface area contributed by atoms with Crippen molar-refractivity contribution in [3.05, 3.63) is 64.6 Å². The number of carbonyl (C=O) groups excluding carboxylic acids is 3. The highest BCUT2D eigenvalue weighted by molar-refractivity contribution is 8.18. The van der Waals surface area contributed by atoms with Crippen LogP contribution in [0.15, 0.2) is 53.4 Å². The van der Waals surface area contributed by atoms with Crippen LogP contribution in [0.1, 0.15) is 17.5 Å². The molecule has 6 nitrogen and oxygen atoms in total. The molecular weight excluding hydrogens is 376 g/mol. The highest BCUT2D eigenvalue weighted by atomic mass is 32.2. The van der Waals surface area contributed by atoms with Crippen LogP contribution < -0.4 is 10.1 Å². The number of benzene rings is 2. The van der Waals surface area contributed by atoms with Crippen LogP contribution in [0, 0.1) is 6.92 Å². The van der Waals surface area contributed by atoms with Crippen LogP contribution in [0.2, 0.25) is 0 Å². The number of imide groups is 1. The summed E-state index contributed by atoms with van der Waals surface area (Å²) in [5, 5.41) is 2.44. The Bertz CT molecular complexity index is 938. The predicted octanol–water partition coefficient (Wildman–Crippen LogP) is 4.07. The molecule has 3 rings (SSSR count). The lowest BCUT2D eigenvalue weighted by Gasteiger charge is -2.13. The van der Waals surface area contributed by atoms with E-state index in [0.717, 1.165) is 33.5 Å². The van der Waals surface area contributed by atoms with Crippen LogP contribution in [-0.4, -0.2) is 35.6 Å². The summed E-state index contributed by atoms with van der Waals surface area (Å²) < 4.78 is 5.11. The number of nitrogens with one attached hydrogen (secondary N) is 1. The van der Waals surface area contributed by atoms with Crippen molar-refractivity contribution in [2.24, 2.45) is 0 Å². The molecule has 28 heavy (non-hydrogen) atoms. The summed E-state index contributed by atoms with van der Waals surface area (Å²) in [7, 11) is 1.58. The molecule has 0 aromatic heterocycles. The maximum absolute atomic E-state index is 12.5. The molecule has 0 spiro atoms. The fraction of sp³-hybridized carbons (Fsp3) is 0.190. The van der Waals surface area contributed by atoms with Crippen molar-refractivity contribution >= 4 is 40.6 Å². The Kier molecular flexibility index (Phi) is 6.16. The van der Waals surface area contributed by atoms with Crippen molar-refractivity contribution in [3.63, 3.8) is 0 Å². The highest BCUT2D eigenvalue weighted by Crippen LogP contribution is 2.32. The first-order chi connectivity index (χ1) is 13.5. The van der Waals surface area contributed by atoms with Crippen LogP contribution in [-0.2, 0) is 9.59 Å². The van der Waals surface area contributed by atoms with Gasteiger partial charge in [0, 0.05) is 18.7 Å². The number of thioether (sulfide) groups is 1. The molecule has 3 amide bonds. The largest absolute Gasteiger partial charge is 0.497 e. The number of ether oxygens (including phenoxy) is 1. The maximum Gasteiger partial charge on any atom is 0.293 e. The molecule has 0 aliphatic carbocycles. The number of amides is 3. The van der Waals surface area contributed by atoms with Gasteiger partial charge in [0.05, 0.1) is 12.0 Å². The number of hydrogen-bond acceptors (Lipinski definition) is 5. The topological polar surface area (TPSA) is 75.7 Å². The standard InChI is InChI=1S/C21H20N2O4S/c1-14-5-3-4-6-17(14)22-19(24)11-12-23-20(25)18(28-21(23)26)13-15-7-9-16(27-2)10-8-15/h3-10,13H,11-12H2,1-2H3,(H,22,24). The molecule has 7 heteroatoms. The quantitative estimate of drug-likeness (QED) is 0.745. The molecule has 1 saturated heterocycles. The molecule has 1 heterocycles. The Morgan fingerprint density at radius 1 is 1.14 bits per heavy atom. The minimum atomic E-state index is -0.380. The Labute approximate surface area is 167 Å². The van der Waals surface area contributed by atoms with Gasteiger partial charge >= 0.3 is 0 Å². The molecule has 0 saturated carbocycles. The number of rotatable bonds is 6. The lowest BCUT2D eigenvalue weighted by Crippen LogP contribution is -2.31. The number of aryl methyl sites for hydroxylation is 1. The average Bonchev–Trinajstić information content (AvgIpc) is 2.95. The van der Waals surface area contributed by atoms with Crippen LogP contribution in [0.4, 0.5) is 10.5 Å². The lowest BCUT2D eigenvalue weighted by molar-refractivity contribution is -0.123. The van der Waals surface area contributed by atoms with Gasteiger partial charge in [-0.05, 0) is 54.1 Å². The van der Waals surface area contributed by atoms with Gasteiger partial charge in [0.2, 0.25) is 5.91 Å². The van der Waals surface area contributed by atoms with Crippen molar-refractivity contribution in [2.75, 3.05) is 19.0 Å². The van der Waals surface area contributed by atoms with Gasteiger partial charge in [-0.2, -0.15) is 0 Å². The third kappa shape index (κ3) is 4.61. The summed E-state index contributed by atoms with van der Waals surface area (Å²) in [6.45, 7) is 1.94. The highest BCUT2D eigenvalue weighted by Gasteiger charge is 2.35. The van der Waals surface area contributed by atoms with Crippen LogP contribution >= 0.6 is 11.8 Å². The van der Waals surface area contributed by atoms with E-state index >= 15 is 0 Å². The van der Waals surface area contributed by atoms with Gasteiger partial charge in [-0.15, -0.1) is 0 Å².